The van der Waals surface area contributed by atoms with Crippen molar-refractivity contribution in [3.05, 3.63) is 57.6 Å². The van der Waals surface area contributed by atoms with Gasteiger partial charge < -0.3 is 5.32 Å². The summed E-state index contributed by atoms with van der Waals surface area (Å²) in [6.45, 7) is 7.24. The molecule has 0 spiro atoms. The lowest BCUT2D eigenvalue weighted by Gasteiger charge is -2.36. The van der Waals surface area contributed by atoms with Gasteiger partial charge in [0, 0.05) is 31.2 Å². The number of anilines is 1. The van der Waals surface area contributed by atoms with E-state index in [1.165, 1.54) is 4.31 Å². The fourth-order valence-corrected chi connectivity index (χ4v) is 5.31. The molecular formula is C21H25Cl2N3O3S. The van der Waals surface area contributed by atoms with E-state index in [9.17, 15) is 13.2 Å². The molecule has 6 nitrogen and oxygen atoms in total. The molecule has 0 bridgehead atoms. The Morgan fingerprint density at radius 2 is 1.67 bits per heavy atom. The van der Waals surface area contributed by atoms with E-state index >= 15 is 0 Å². The summed E-state index contributed by atoms with van der Waals surface area (Å²) in [5.41, 5.74) is 2.49. The molecule has 1 fully saturated rings. The molecule has 0 aliphatic carbocycles. The summed E-state index contributed by atoms with van der Waals surface area (Å²) < 4.78 is 27.4. The van der Waals surface area contributed by atoms with Crippen molar-refractivity contribution in [1.82, 2.24) is 9.21 Å². The summed E-state index contributed by atoms with van der Waals surface area (Å²) in [5.74, 6) is -0.204. The lowest BCUT2D eigenvalue weighted by atomic mass is 10.1. The van der Waals surface area contributed by atoms with Crippen molar-refractivity contribution >= 4 is 44.8 Å². The van der Waals surface area contributed by atoms with E-state index in [1.54, 1.807) is 37.3 Å². The molecule has 9 heteroatoms. The zero-order valence-electron chi connectivity index (χ0n) is 17.2. The van der Waals surface area contributed by atoms with Crippen molar-refractivity contribution in [3.63, 3.8) is 0 Å². The van der Waals surface area contributed by atoms with Crippen molar-refractivity contribution in [3.8, 4) is 0 Å². The van der Waals surface area contributed by atoms with E-state index in [0.717, 1.165) is 11.1 Å². The second kappa shape index (κ2) is 9.24. The van der Waals surface area contributed by atoms with Crippen molar-refractivity contribution in [2.75, 3.05) is 31.5 Å². The predicted molar refractivity (Wildman–Crippen MR) is 121 cm³/mol. The lowest BCUT2D eigenvalue weighted by molar-refractivity contribution is -0.121. The van der Waals surface area contributed by atoms with Gasteiger partial charge in [-0.25, -0.2) is 8.42 Å². The molecule has 1 amide bonds. The first-order valence-corrected chi connectivity index (χ1v) is 11.9. The summed E-state index contributed by atoms with van der Waals surface area (Å²) in [6, 6.07) is 9.64. The maximum absolute atomic E-state index is 13.0. The van der Waals surface area contributed by atoms with E-state index in [-0.39, 0.29) is 5.91 Å². The number of nitrogens with one attached hydrogen (secondary N) is 1. The SMILES string of the molecule is Cc1ccc(S(=O)(=O)N2CCN(C(C)C(=O)Nc3ccc(Cl)cc3Cl)CC2)cc1C. The van der Waals surface area contributed by atoms with Crippen molar-refractivity contribution in [2.45, 2.75) is 31.7 Å². The molecule has 1 aliphatic heterocycles. The van der Waals surface area contributed by atoms with E-state index < -0.39 is 16.1 Å². The van der Waals surface area contributed by atoms with Gasteiger partial charge in [0.1, 0.15) is 0 Å². The number of hydrogen-bond acceptors (Lipinski definition) is 4. The van der Waals surface area contributed by atoms with Gasteiger partial charge in [-0.3, -0.25) is 9.69 Å². The molecular weight excluding hydrogens is 445 g/mol. The van der Waals surface area contributed by atoms with Gasteiger partial charge in [0.2, 0.25) is 15.9 Å². The fourth-order valence-electron chi connectivity index (χ4n) is 3.35. The van der Waals surface area contributed by atoms with Crippen LogP contribution in [0.2, 0.25) is 10.0 Å². The van der Waals surface area contributed by atoms with Gasteiger partial charge in [0.05, 0.1) is 21.6 Å². The number of aryl methyl sites for hydroxylation is 2. The van der Waals surface area contributed by atoms with Crippen LogP contribution in [0.4, 0.5) is 5.69 Å². The number of piperazine rings is 1. The number of halogens is 2. The van der Waals surface area contributed by atoms with Crippen LogP contribution in [0.1, 0.15) is 18.1 Å². The van der Waals surface area contributed by atoms with Crippen LogP contribution in [-0.4, -0.2) is 55.8 Å². The Labute approximate surface area is 187 Å². The molecule has 1 aliphatic rings. The van der Waals surface area contributed by atoms with Crippen molar-refractivity contribution in [2.24, 2.45) is 0 Å². The van der Waals surface area contributed by atoms with Crippen LogP contribution in [0.15, 0.2) is 41.3 Å². The van der Waals surface area contributed by atoms with E-state index in [1.807, 2.05) is 24.8 Å². The van der Waals surface area contributed by atoms with Gasteiger partial charge in [-0.2, -0.15) is 4.31 Å². The number of sulfonamides is 1. The third-order valence-corrected chi connectivity index (χ3v) is 7.95. The standard InChI is InChI=1S/C21H25Cl2N3O3S/c1-14-4-6-18(12-15(14)2)30(28,29)26-10-8-25(9-11-26)16(3)21(27)24-20-7-5-17(22)13-19(20)23/h4-7,12-13,16H,8-11H2,1-3H3,(H,24,27). The Balaban J connectivity index is 1.62. The summed E-state index contributed by atoms with van der Waals surface area (Å²) >= 11 is 12.0. The normalized spacial score (nSPS) is 17.0. The predicted octanol–water partition coefficient (Wildman–Crippen LogP) is 3.94. The Hall–Kier alpha value is -1.64. The largest absolute Gasteiger partial charge is 0.323 e. The maximum Gasteiger partial charge on any atom is 0.243 e. The number of amides is 1. The first-order chi connectivity index (χ1) is 14.1. The van der Waals surface area contributed by atoms with Crippen molar-refractivity contribution < 1.29 is 13.2 Å². The monoisotopic (exact) mass is 469 g/mol. The first kappa shape index (κ1) is 23.0. The zero-order chi connectivity index (χ0) is 22.1. The third kappa shape index (κ3) is 4.98. The summed E-state index contributed by atoms with van der Waals surface area (Å²) in [6.07, 6.45) is 0. The summed E-state index contributed by atoms with van der Waals surface area (Å²) in [5, 5.41) is 3.67. The molecule has 0 aromatic heterocycles. The summed E-state index contributed by atoms with van der Waals surface area (Å²) in [4.78, 5) is 14.9. The molecule has 162 valence electrons. The molecule has 1 atom stereocenters. The van der Waals surface area contributed by atoms with Gasteiger partial charge in [0.25, 0.3) is 0 Å². The van der Waals surface area contributed by atoms with E-state index in [4.69, 9.17) is 23.2 Å². The molecule has 1 N–H and O–H groups in total. The number of benzene rings is 2. The highest BCUT2D eigenvalue weighted by atomic mass is 35.5. The van der Waals surface area contributed by atoms with E-state index in [0.29, 0.717) is 46.8 Å². The van der Waals surface area contributed by atoms with Crippen LogP contribution in [0, 0.1) is 13.8 Å². The number of nitrogens with zero attached hydrogens (tertiary/aromatic N) is 2. The minimum absolute atomic E-state index is 0.204. The Morgan fingerprint density at radius 1 is 1.00 bits per heavy atom. The molecule has 2 aromatic rings. The highest BCUT2D eigenvalue weighted by molar-refractivity contribution is 7.89. The molecule has 3 rings (SSSR count). The fraction of sp³-hybridized carbons (Fsp3) is 0.381. The van der Waals surface area contributed by atoms with Gasteiger partial charge in [-0.05, 0) is 62.2 Å². The zero-order valence-corrected chi connectivity index (χ0v) is 19.5. The molecule has 0 radical (unpaired) electrons. The van der Waals surface area contributed by atoms with Crippen LogP contribution in [0.5, 0.6) is 0 Å². The third-order valence-electron chi connectivity index (χ3n) is 5.51. The molecule has 1 unspecified atom stereocenters. The van der Waals surface area contributed by atoms with Gasteiger partial charge in [-0.1, -0.05) is 29.3 Å². The number of hydrogen-bond donors (Lipinski definition) is 1. The van der Waals surface area contributed by atoms with Crippen LogP contribution in [0.25, 0.3) is 0 Å². The maximum atomic E-state index is 13.0. The quantitative estimate of drug-likeness (QED) is 0.719. The first-order valence-electron chi connectivity index (χ1n) is 9.67. The van der Waals surface area contributed by atoms with Gasteiger partial charge in [-0.15, -0.1) is 0 Å². The minimum atomic E-state index is -3.55. The second-order valence-corrected chi connectivity index (χ2v) is 10.3. The smallest absolute Gasteiger partial charge is 0.243 e. The minimum Gasteiger partial charge on any atom is -0.323 e. The van der Waals surface area contributed by atoms with Crippen LogP contribution >= 0.6 is 23.2 Å². The topological polar surface area (TPSA) is 69.7 Å². The van der Waals surface area contributed by atoms with Gasteiger partial charge >= 0.3 is 0 Å². The summed E-state index contributed by atoms with van der Waals surface area (Å²) in [7, 11) is -3.55. The Kier molecular flexibility index (Phi) is 7.09. The second-order valence-electron chi connectivity index (χ2n) is 7.48. The molecule has 2 aromatic carbocycles. The number of carbonyl (C=O) groups is 1. The van der Waals surface area contributed by atoms with E-state index in [2.05, 4.69) is 5.32 Å². The molecule has 1 saturated heterocycles. The van der Waals surface area contributed by atoms with Crippen LogP contribution < -0.4 is 5.32 Å². The van der Waals surface area contributed by atoms with Gasteiger partial charge in [0.15, 0.2) is 0 Å². The van der Waals surface area contributed by atoms with Crippen LogP contribution in [0.3, 0.4) is 0 Å². The highest BCUT2D eigenvalue weighted by Gasteiger charge is 2.32. The van der Waals surface area contributed by atoms with Crippen molar-refractivity contribution in [1.29, 1.82) is 0 Å². The number of carbonyl (C=O) groups excluding carboxylic acids is 1. The highest BCUT2D eigenvalue weighted by Crippen LogP contribution is 2.26. The lowest BCUT2D eigenvalue weighted by Crippen LogP contribution is -2.53. The average molecular weight is 470 g/mol. The Bertz CT molecular complexity index is 1050. The average Bonchev–Trinajstić information content (AvgIpc) is 2.71. The molecule has 1 heterocycles. The van der Waals surface area contributed by atoms with Crippen LogP contribution in [-0.2, 0) is 14.8 Å². The molecule has 0 saturated carbocycles. The number of rotatable bonds is 5. The molecule has 30 heavy (non-hydrogen) atoms. The Morgan fingerprint density at radius 3 is 2.27 bits per heavy atom.